The Labute approximate surface area is 107 Å². The second-order valence-electron chi connectivity index (χ2n) is 3.67. The molecule has 0 aliphatic carbocycles. The van der Waals surface area contributed by atoms with Gasteiger partial charge < -0.3 is 15.5 Å². The fourth-order valence-electron chi connectivity index (χ4n) is 1.37. The molecule has 1 aromatic carbocycles. The summed E-state index contributed by atoms with van der Waals surface area (Å²) in [5, 5.41) is 20.9. The van der Waals surface area contributed by atoms with E-state index in [1.54, 1.807) is 24.3 Å². The lowest BCUT2D eigenvalue weighted by Crippen LogP contribution is -2.31. The van der Waals surface area contributed by atoms with Gasteiger partial charge in [-0.1, -0.05) is 19.1 Å². The molecular weight excluding hydrogens is 242 g/mol. The summed E-state index contributed by atoms with van der Waals surface area (Å²) < 4.78 is 0. The molecule has 3 N–H and O–H groups in total. The quantitative estimate of drug-likeness (QED) is 0.727. The third kappa shape index (κ3) is 5.17. The maximum Gasteiger partial charge on any atom is 0.335 e. The van der Waals surface area contributed by atoms with E-state index in [2.05, 4.69) is 5.32 Å². The molecule has 0 heterocycles. The van der Waals surface area contributed by atoms with Crippen molar-refractivity contribution >= 4 is 18.4 Å². The van der Waals surface area contributed by atoms with Crippen molar-refractivity contribution in [2.24, 2.45) is 0 Å². The zero-order chi connectivity index (χ0) is 12.0. The predicted octanol–water partition coefficient (Wildman–Crippen LogP) is 1.67. The molecule has 0 aliphatic rings. The first kappa shape index (κ1) is 15.9. The second kappa shape index (κ2) is 8.06. The molecule has 0 spiro atoms. The number of hydrogen-bond donors (Lipinski definition) is 3. The lowest BCUT2D eigenvalue weighted by Gasteiger charge is -2.13. The van der Waals surface area contributed by atoms with E-state index in [0.29, 0.717) is 6.54 Å². The summed E-state index contributed by atoms with van der Waals surface area (Å²) >= 11 is 0. The van der Waals surface area contributed by atoms with Gasteiger partial charge in [-0.05, 0) is 24.1 Å². The Balaban J connectivity index is 0.00000256. The zero-order valence-corrected chi connectivity index (χ0v) is 10.5. The standard InChI is InChI=1S/C12H17NO3.ClH/c1-2-11(8-14)13-7-9-3-5-10(6-4-9)12(15)16;/h3-6,11,13-14H,2,7-8H2,1H3,(H,15,16);1H. The molecule has 0 aromatic heterocycles. The zero-order valence-electron chi connectivity index (χ0n) is 9.72. The van der Waals surface area contributed by atoms with Crippen LogP contribution in [0.25, 0.3) is 0 Å². The number of halogens is 1. The van der Waals surface area contributed by atoms with Crippen LogP contribution in [0.4, 0.5) is 0 Å². The molecule has 96 valence electrons. The van der Waals surface area contributed by atoms with E-state index in [9.17, 15) is 4.79 Å². The van der Waals surface area contributed by atoms with Gasteiger partial charge >= 0.3 is 5.97 Å². The van der Waals surface area contributed by atoms with Crippen molar-refractivity contribution in [1.29, 1.82) is 0 Å². The van der Waals surface area contributed by atoms with E-state index in [1.807, 2.05) is 6.92 Å². The Hall–Kier alpha value is -1.10. The number of aliphatic hydroxyl groups excluding tert-OH is 1. The minimum absolute atomic E-state index is 0. The minimum atomic E-state index is -0.915. The number of aliphatic hydroxyl groups is 1. The molecule has 17 heavy (non-hydrogen) atoms. The van der Waals surface area contributed by atoms with Crippen LogP contribution in [0.2, 0.25) is 0 Å². The SMILES string of the molecule is CCC(CO)NCc1ccc(C(=O)O)cc1.Cl. The summed E-state index contributed by atoms with van der Waals surface area (Å²) in [5.41, 5.74) is 1.30. The molecule has 0 radical (unpaired) electrons. The van der Waals surface area contributed by atoms with Gasteiger partial charge in [-0.2, -0.15) is 0 Å². The van der Waals surface area contributed by atoms with E-state index in [-0.39, 0.29) is 30.6 Å². The maximum absolute atomic E-state index is 10.6. The number of rotatable bonds is 6. The number of hydrogen-bond acceptors (Lipinski definition) is 3. The highest BCUT2D eigenvalue weighted by Gasteiger charge is 2.04. The number of aromatic carboxylic acids is 1. The number of benzene rings is 1. The first-order valence-corrected chi connectivity index (χ1v) is 5.33. The van der Waals surface area contributed by atoms with Crippen LogP contribution >= 0.6 is 12.4 Å². The molecule has 5 heteroatoms. The third-order valence-corrected chi connectivity index (χ3v) is 2.51. The monoisotopic (exact) mass is 259 g/mol. The minimum Gasteiger partial charge on any atom is -0.478 e. The largest absolute Gasteiger partial charge is 0.478 e. The summed E-state index contributed by atoms with van der Waals surface area (Å²) in [5.74, 6) is -0.915. The number of carbonyl (C=O) groups is 1. The number of carboxylic acids is 1. The fourth-order valence-corrected chi connectivity index (χ4v) is 1.37. The van der Waals surface area contributed by atoms with Crippen LogP contribution in [0.3, 0.4) is 0 Å². The molecular formula is C12H18ClNO3. The highest BCUT2D eigenvalue weighted by Crippen LogP contribution is 2.04. The van der Waals surface area contributed by atoms with Gasteiger partial charge in [-0.15, -0.1) is 12.4 Å². The van der Waals surface area contributed by atoms with Gasteiger partial charge in [0, 0.05) is 12.6 Å². The van der Waals surface area contributed by atoms with E-state index in [1.165, 1.54) is 0 Å². The van der Waals surface area contributed by atoms with Gasteiger partial charge in [0.2, 0.25) is 0 Å². The van der Waals surface area contributed by atoms with Gasteiger partial charge in [-0.3, -0.25) is 0 Å². The van der Waals surface area contributed by atoms with Crippen LogP contribution in [0.1, 0.15) is 29.3 Å². The van der Waals surface area contributed by atoms with E-state index in [4.69, 9.17) is 10.2 Å². The molecule has 0 aliphatic heterocycles. The summed E-state index contributed by atoms with van der Waals surface area (Å²) in [7, 11) is 0. The molecule has 0 saturated carbocycles. The second-order valence-corrected chi connectivity index (χ2v) is 3.67. The van der Waals surface area contributed by atoms with Crippen molar-refractivity contribution in [3.8, 4) is 0 Å². The topological polar surface area (TPSA) is 69.6 Å². The molecule has 1 unspecified atom stereocenters. The van der Waals surface area contributed by atoms with Crippen LogP contribution in [0.15, 0.2) is 24.3 Å². The van der Waals surface area contributed by atoms with Crippen LogP contribution in [-0.2, 0) is 6.54 Å². The predicted molar refractivity (Wildman–Crippen MR) is 68.7 cm³/mol. The van der Waals surface area contributed by atoms with Crippen molar-refractivity contribution in [3.63, 3.8) is 0 Å². The Morgan fingerprint density at radius 1 is 1.35 bits per heavy atom. The number of carboxylic acid groups (broad SMARTS) is 1. The summed E-state index contributed by atoms with van der Waals surface area (Å²) in [6.45, 7) is 2.75. The summed E-state index contributed by atoms with van der Waals surface area (Å²) in [6.07, 6.45) is 0.865. The first-order chi connectivity index (χ1) is 7.67. The van der Waals surface area contributed by atoms with Gasteiger partial charge in [0.15, 0.2) is 0 Å². The smallest absolute Gasteiger partial charge is 0.335 e. The molecule has 1 aromatic rings. The van der Waals surface area contributed by atoms with Gasteiger partial charge in [-0.25, -0.2) is 4.79 Å². The molecule has 4 nitrogen and oxygen atoms in total. The Morgan fingerprint density at radius 3 is 2.35 bits per heavy atom. The van der Waals surface area contributed by atoms with E-state index < -0.39 is 5.97 Å². The lowest BCUT2D eigenvalue weighted by molar-refractivity contribution is 0.0697. The molecule has 0 amide bonds. The van der Waals surface area contributed by atoms with Gasteiger partial charge in [0.05, 0.1) is 12.2 Å². The average molecular weight is 260 g/mol. The summed E-state index contributed by atoms with van der Waals surface area (Å²) in [4.78, 5) is 10.6. The highest BCUT2D eigenvalue weighted by atomic mass is 35.5. The Bertz CT molecular complexity index is 336. The van der Waals surface area contributed by atoms with Crippen molar-refractivity contribution in [1.82, 2.24) is 5.32 Å². The van der Waals surface area contributed by atoms with E-state index in [0.717, 1.165) is 12.0 Å². The first-order valence-electron chi connectivity index (χ1n) is 5.33. The van der Waals surface area contributed by atoms with Crippen LogP contribution in [-0.4, -0.2) is 28.8 Å². The lowest BCUT2D eigenvalue weighted by atomic mass is 10.1. The Morgan fingerprint density at radius 2 is 1.94 bits per heavy atom. The van der Waals surface area contributed by atoms with Crippen molar-refractivity contribution < 1.29 is 15.0 Å². The maximum atomic E-state index is 10.6. The van der Waals surface area contributed by atoms with Crippen molar-refractivity contribution in [3.05, 3.63) is 35.4 Å². The highest BCUT2D eigenvalue weighted by molar-refractivity contribution is 5.87. The van der Waals surface area contributed by atoms with Gasteiger partial charge in [0.25, 0.3) is 0 Å². The normalized spacial score (nSPS) is 11.6. The van der Waals surface area contributed by atoms with Gasteiger partial charge in [0.1, 0.15) is 0 Å². The molecule has 0 fully saturated rings. The molecule has 1 atom stereocenters. The number of nitrogens with one attached hydrogen (secondary N) is 1. The van der Waals surface area contributed by atoms with Crippen molar-refractivity contribution in [2.45, 2.75) is 25.9 Å². The van der Waals surface area contributed by atoms with Crippen LogP contribution in [0.5, 0.6) is 0 Å². The molecule has 1 rings (SSSR count). The third-order valence-electron chi connectivity index (χ3n) is 2.51. The summed E-state index contributed by atoms with van der Waals surface area (Å²) in [6, 6.07) is 6.82. The Kier molecular flexibility index (Phi) is 7.54. The van der Waals surface area contributed by atoms with Crippen LogP contribution < -0.4 is 5.32 Å². The van der Waals surface area contributed by atoms with Crippen molar-refractivity contribution in [2.75, 3.05) is 6.61 Å². The molecule has 0 saturated heterocycles. The van der Waals surface area contributed by atoms with Crippen LogP contribution in [0, 0.1) is 0 Å². The average Bonchev–Trinajstić information content (AvgIpc) is 2.31. The molecule has 0 bridgehead atoms. The fraction of sp³-hybridized carbons (Fsp3) is 0.417. The van der Waals surface area contributed by atoms with E-state index >= 15 is 0 Å².